The van der Waals surface area contributed by atoms with Crippen molar-refractivity contribution in [2.45, 2.75) is 6.92 Å². The highest BCUT2D eigenvalue weighted by Gasteiger charge is 2.14. The minimum absolute atomic E-state index is 0.643. The van der Waals surface area contributed by atoms with Crippen LogP contribution in [0.3, 0.4) is 0 Å². The molecular weight excluding hydrogens is 219 g/mol. The summed E-state index contributed by atoms with van der Waals surface area (Å²) in [6.07, 6.45) is 0. The fourth-order valence-corrected chi connectivity index (χ4v) is 1.76. The van der Waals surface area contributed by atoms with Gasteiger partial charge in [0.2, 0.25) is 0 Å². The first kappa shape index (κ1) is 11.6. The Morgan fingerprint density at radius 1 is 1.36 bits per heavy atom. The monoisotopic (exact) mass is 232 g/mol. The molecule has 6 N–H and O–H groups in total. The molecule has 0 fully saturated rings. The number of hydrogen-bond donors (Lipinski definition) is 4. The molecule has 1 aromatic rings. The van der Waals surface area contributed by atoms with Gasteiger partial charge in [0, 0.05) is 0 Å². The molecule has 0 bridgehead atoms. The predicted molar refractivity (Wildman–Crippen MR) is 60.7 cm³/mol. The molecule has 0 amide bonds. The maximum Gasteiger partial charge on any atom is 0.274 e. The molecule has 0 radical (unpaired) electrons. The molecule has 0 heterocycles. The number of hydrogen-bond acceptors (Lipinski definition) is 4. The Balaban J connectivity index is 2.83. The van der Waals surface area contributed by atoms with Gasteiger partial charge >= 0.3 is 0 Å². The molecule has 0 aromatic heterocycles. The zero-order chi connectivity index (χ0) is 10.6. The molecule has 7 heteroatoms. The zero-order valence-corrected chi connectivity index (χ0v) is 9.44. The third-order valence-corrected chi connectivity index (χ3v) is 3.57. The van der Waals surface area contributed by atoms with Crippen LogP contribution in [-0.4, -0.2) is 0 Å². The van der Waals surface area contributed by atoms with Crippen molar-refractivity contribution in [1.82, 2.24) is 10.4 Å². The quantitative estimate of drug-likeness (QED) is 0.344. The standard InChI is InChI=1S/C7H13N4OPS/c1-6-3-2-4-7(5-6)12-13(14,10-8)11-9/h2-5H,8-9H2,1H3,(H2,10,11,14). The molecule has 0 atom stereocenters. The van der Waals surface area contributed by atoms with Gasteiger partial charge in [-0.1, -0.05) is 12.1 Å². The highest BCUT2D eigenvalue weighted by atomic mass is 32.4. The van der Waals surface area contributed by atoms with Crippen LogP contribution < -0.4 is 26.6 Å². The van der Waals surface area contributed by atoms with E-state index in [2.05, 4.69) is 10.4 Å². The van der Waals surface area contributed by atoms with Crippen molar-refractivity contribution in [3.8, 4) is 5.75 Å². The molecule has 0 aliphatic carbocycles. The Kier molecular flexibility index (Phi) is 4.00. The van der Waals surface area contributed by atoms with Crippen molar-refractivity contribution in [2.24, 2.45) is 11.7 Å². The lowest BCUT2D eigenvalue weighted by Crippen LogP contribution is -2.34. The number of nitrogens with one attached hydrogen (secondary N) is 2. The van der Waals surface area contributed by atoms with Crippen molar-refractivity contribution in [1.29, 1.82) is 0 Å². The minimum Gasteiger partial charge on any atom is -0.440 e. The average molecular weight is 232 g/mol. The van der Waals surface area contributed by atoms with E-state index in [-0.39, 0.29) is 0 Å². The summed E-state index contributed by atoms with van der Waals surface area (Å²) in [6, 6.07) is 7.48. The van der Waals surface area contributed by atoms with Gasteiger partial charge in [-0.25, -0.2) is 0 Å². The van der Waals surface area contributed by atoms with Gasteiger partial charge in [0.25, 0.3) is 6.57 Å². The second kappa shape index (κ2) is 4.84. The Labute approximate surface area is 87.9 Å². The third-order valence-electron chi connectivity index (χ3n) is 1.56. The van der Waals surface area contributed by atoms with E-state index in [0.29, 0.717) is 5.75 Å². The van der Waals surface area contributed by atoms with Crippen molar-refractivity contribution in [3.63, 3.8) is 0 Å². The highest BCUT2D eigenvalue weighted by molar-refractivity contribution is 8.10. The summed E-state index contributed by atoms with van der Waals surface area (Å²) in [5.74, 6) is 11.1. The molecule has 0 spiro atoms. The summed E-state index contributed by atoms with van der Waals surface area (Å²) in [4.78, 5) is 0. The molecule has 0 unspecified atom stereocenters. The molecule has 1 rings (SSSR count). The predicted octanol–water partition coefficient (Wildman–Crippen LogP) is 0.525. The van der Waals surface area contributed by atoms with Crippen LogP contribution in [0.5, 0.6) is 5.75 Å². The molecule has 0 aliphatic heterocycles. The smallest absolute Gasteiger partial charge is 0.274 e. The van der Waals surface area contributed by atoms with Crippen LogP contribution in [0.4, 0.5) is 0 Å². The molecule has 1 aromatic carbocycles. The summed E-state index contributed by atoms with van der Waals surface area (Å²) in [5.41, 5.74) is 1.08. The van der Waals surface area contributed by atoms with Crippen LogP contribution in [0.25, 0.3) is 0 Å². The lowest BCUT2D eigenvalue weighted by molar-refractivity contribution is 0.581. The van der Waals surface area contributed by atoms with Crippen molar-refractivity contribution >= 4 is 18.4 Å². The molecule has 5 nitrogen and oxygen atoms in total. The summed E-state index contributed by atoms with van der Waals surface area (Å²) >= 11 is 5.05. The largest absolute Gasteiger partial charge is 0.440 e. The molecule has 78 valence electrons. The van der Waals surface area contributed by atoms with Gasteiger partial charge < -0.3 is 4.52 Å². The van der Waals surface area contributed by atoms with Gasteiger partial charge in [-0.3, -0.25) is 11.7 Å². The number of nitrogens with two attached hydrogens (primary N) is 2. The summed E-state index contributed by atoms with van der Waals surface area (Å²) in [7, 11) is 0. The van der Waals surface area contributed by atoms with E-state index in [1.165, 1.54) is 0 Å². The fraction of sp³-hybridized carbons (Fsp3) is 0.143. The van der Waals surface area contributed by atoms with E-state index in [9.17, 15) is 0 Å². The maximum absolute atomic E-state index is 5.43. The lowest BCUT2D eigenvalue weighted by atomic mass is 10.2. The van der Waals surface area contributed by atoms with Crippen LogP contribution >= 0.6 is 6.57 Å². The van der Waals surface area contributed by atoms with Crippen molar-refractivity contribution in [2.75, 3.05) is 0 Å². The Bertz CT molecular complexity index is 351. The third kappa shape index (κ3) is 3.02. The summed E-state index contributed by atoms with van der Waals surface area (Å²) < 4.78 is 5.43. The fourth-order valence-electron chi connectivity index (χ4n) is 0.911. The van der Waals surface area contributed by atoms with E-state index in [1.54, 1.807) is 6.07 Å². The van der Waals surface area contributed by atoms with Gasteiger partial charge in [0.15, 0.2) is 0 Å². The lowest BCUT2D eigenvalue weighted by Gasteiger charge is -2.20. The van der Waals surface area contributed by atoms with Gasteiger partial charge in [-0.15, -0.1) is 0 Å². The van der Waals surface area contributed by atoms with E-state index < -0.39 is 6.57 Å². The minimum atomic E-state index is -2.53. The van der Waals surface area contributed by atoms with E-state index in [1.807, 2.05) is 25.1 Å². The maximum atomic E-state index is 5.43. The van der Waals surface area contributed by atoms with Crippen molar-refractivity contribution < 1.29 is 4.52 Å². The van der Waals surface area contributed by atoms with Gasteiger partial charge in [-0.2, -0.15) is 10.4 Å². The van der Waals surface area contributed by atoms with Gasteiger partial charge in [-0.05, 0) is 36.4 Å². The van der Waals surface area contributed by atoms with Crippen LogP contribution in [0.15, 0.2) is 24.3 Å². The molecule has 0 saturated carbocycles. The van der Waals surface area contributed by atoms with E-state index in [4.69, 9.17) is 28.0 Å². The first-order chi connectivity index (χ1) is 6.59. The molecular formula is C7H13N4OPS. The van der Waals surface area contributed by atoms with Gasteiger partial charge in [0.1, 0.15) is 5.75 Å². The van der Waals surface area contributed by atoms with Crippen LogP contribution in [0.2, 0.25) is 0 Å². The number of benzene rings is 1. The van der Waals surface area contributed by atoms with Crippen LogP contribution in [0.1, 0.15) is 5.56 Å². The Morgan fingerprint density at radius 3 is 2.50 bits per heavy atom. The topological polar surface area (TPSA) is 85.3 Å². The summed E-state index contributed by atoms with van der Waals surface area (Å²) in [6.45, 7) is -0.574. The Hall–Kier alpha value is -0.490. The molecule has 0 aliphatic rings. The Morgan fingerprint density at radius 2 is 2.00 bits per heavy atom. The van der Waals surface area contributed by atoms with Crippen molar-refractivity contribution in [3.05, 3.63) is 29.8 Å². The molecule has 14 heavy (non-hydrogen) atoms. The van der Waals surface area contributed by atoms with E-state index >= 15 is 0 Å². The zero-order valence-electron chi connectivity index (χ0n) is 7.73. The first-order valence-corrected chi connectivity index (χ1v) is 6.64. The SMILES string of the molecule is Cc1cccc(OP(=S)(NN)NN)c1. The number of aryl methyl sites for hydroxylation is 1. The first-order valence-electron chi connectivity index (χ1n) is 3.92. The average Bonchev–Trinajstić information content (AvgIpc) is 2.18. The normalized spacial score (nSPS) is 11.4. The second-order valence-corrected chi connectivity index (χ2v) is 6.06. The number of rotatable bonds is 4. The summed E-state index contributed by atoms with van der Waals surface area (Å²) in [5, 5.41) is 4.73. The highest BCUT2D eigenvalue weighted by Crippen LogP contribution is 2.36. The number of hydrazine groups is 2. The van der Waals surface area contributed by atoms with Crippen LogP contribution in [0, 0.1) is 6.92 Å². The van der Waals surface area contributed by atoms with Crippen LogP contribution in [-0.2, 0) is 11.8 Å². The second-order valence-electron chi connectivity index (χ2n) is 2.72. The van der Waals surface area contributed by atoms with E-state index in [0.717, 1.165) is 5.56 Å². The van der Waals surface area contributed by atoms with Gasteiger partial charge in [0.05, 0.1) is 0 Å². The molecule has 0 saturated heterocycles.